The Bertz CT molecular complexity index is 815. The van der Waals surface area contributed by atoms with Gasteiger partial charge in [0, 0.05) is 24.4 Å². The van der Waals surface area contributed by atoms with Gasteiger partial charge in [0.25, 0.3) is 0 Å². The standard InChI is InChI=1S/C24H32N2O2S/c1-18(19-10-6-5-7-11-19)9-8-12-21-17-29-22(25-21)20-13-15-26(16-14-20)23(27)28-24(2,3)4/h5-8,10-12,17-18,20H,9,13-16H2,1-4H3/b12-8-. The molecule has 1 aromatic heterocycles. The van der Waals surface area contributed by atoms with Crippen molar-refractivity contribution >= 4 is 23.5 Å². The molecule has 5 heteroatoms. The first-order chi connectivity index (χ1) is 13.8. The second-order valence-electron chi connectivity index (χ2n) is 8.80. The van der Waals surface area contributed by atoms with E-state index in [9.17, 15) is 4.79 Å². The fourth-order valence-electron chi connectivity index (χ4n) is 3.51. The van der Waals surface area contributed by atoms with Crippen LogP contribution in [0, 0.1) is 0 Å². The van der Waals surface area contributed by atoms with Crippen molar-refractivity contribution in [2.75, 3.05) is 13.1 Å². The number of benzene rings is 1. The number of likely N-dealkylation sites (tertiary alicyclic amines) is 1. The minimum absolute atomic E-state index is 0.203. The minimum atomic E-state index is -0.442. The summed E-state index contributed by atoms with van der Waals surface area (Å²) in [6.45, 7) is 9.44. The van der Waals surface area contributed by atoms with E-state index in [0.29, 0.717) is 11.8 Å². The number of hydrogen-bond acceptors (Lipinski definition) is 4. The number of piperidine rings is 1. The molecule has 0 N–H and O–H groups in total. The summed E-state index contributed by atoms with van der Waals surface area (Å²) in [6, 6.07) is 10.6. The number of thiazole rings is 1. The highest BCUT2D eigenvalue weighted by atomic mass is 32.1. The molecule has 1 atom stereocenters. The summed E-state index contributed by atoms with van der Waals surface area (Å²) < 4.78 is 5.48. The van der Waals surface area contributed by atoms with Crippen LogP contribution in [-0.2, 0) is 4.74 Å². The second-order valence-corrected chi connectivity index (χ2v) is 9.69. The Morgan fingerprint density at radius 1 is 1.28 bits per heavy atom. The summed E-state index contributed by atoms with van der Waals surface area (Å²) in [6.07, 6.45) is 7.05. The maximum atomic E-state index is 12.2. The number of carbonyl (C=O) groups excluding carboxylic acids is 1. The first kappa shape index (κ1) is 21.6. The Balaban J connectivity index is 1.49. The van der Waals surface area contributed by atoms with Gasteiger partial charge in [-0.1, -0.05) is 43.3 Å². The predicted octanol–water partition coefficient (Wildman–Crippen LogP) is 6.46. The molecule has 1 unspecified atom stereocenters. The van der Waals surface area contributed by atoms with E-state index in [2.05, 4.69) is 54.8 Å². The van der Waals surface area contributed by atoms with Gasteiger partial charge in [-0.25, -0.2) is 9.78 Å². The number of nitrogens with zero attached hydrogens (tertiary/aromatic N) is 2. The maximum Gasteiger partial charge on any atom is 0.410 e. The van der Waals surface area contributed by atoms with Crippen LogP contribution >= 0.6 is 11.3 Å². The van der Waals surface area contributed by atoms with Crippen LogP contribution in [0.2, 0.25) is 0 Å². The van der Waals surface area contributed by atoms with Crippen molar-refractivity contribution in [3.8, 4) is 0 Å². The van der Waals surface area contributed by atoms with Crippen LogP contribution in [-0.4, -0.2) is 34.7 Å². The third-order valence-electron chi connectivity index (χ3n) is 5.18. The van der Waals surface area contributed by atoms with Crippen LogP contribution in [0.15, 0.2) is 41.8 Å². The van der Waals surface area contributed by atoms with Crippen LogP contribution < -0.4 is 0 Å². The highest BCUT2D eigenvalue weighted by molar-refractivity contribution is 7.09. The van der Waals surface area contributed by atoms with E-state index in [1.807, 2.05) is 25.7 Å². The zero-order chi connectivity index (χ0) is 20.9. The lowest BCUT2D eigenvalue weighted by Crippen LogP contribution is -2.41. The Morgan fingerprint density at radius 2 is 1.97 bits per heavy atom. The van der Waals surface area contributed by atoms with E-state index >= 15 is 0 Å². The molecule has 2 heterocycles. The number of hydrogen-bond donors (Lipinski definition) is 0. The predicted molar refractivity (Wildman–Crippen MR) is 120 cm³/mol. The molecule has 156 valence electrons. The van der Waals surface area contributed by atoms with Crippen molar-refractivity contribution in [2.45, 2.75) is 64.4 Å². The maximum absolute atomic E-state index is 12.2. The van der Waals surface area contributed by atoms with E-state index in [1.165, 1.54) is 10.6 Å². The molecule has 2 aromatic rings. The largest absolute Gasteiger partial charge is 0.444 e. The van der Waals surface area contributed by atoms with Crippen LogP contribution in [0.5, 0.6) is 0 Å². The number of amides is 1. The summed E-state index contributed by atoms with van der Waals surface area (Å²) >= 11 is 1.73. The third-order valence-corrected chi connectivity index (χ3v) is 6.21. The molecule has 4 nitrogen and oxygen atoms in total. The van der Waals surface area contributed by atoms with Crippen LogP contribution in [0.1, 0.15) is 75.1 Å². The zero-order valence-electron chi connectivity index (χ0n) is 17.9. The Hall–Kier alpha value is -2.14. The van der Waals surface area contributed by atoms with Crippen molar-refractivity contribution in [2.24, 2.45) is 0 Å². The second kappa shape index (κ2) is 9.57. The molecule has 1 aliphatic heterocycles. The van der Waals surface area contributed by atoms with Gasteiger partial charge in [-0.3, -0.25) is 0 Å². The topological polar surface area (TPSA) is 42.4 Å². The quantitative estimate of drug-likeness (QED) is 0.565. The SMILES string of the molecule is CC(C/C=C\c1csc(C2CCN(C(=O)OC(C)(C)C)CC2)n1)c1ccccc1. The first-order valence-electron chi connectivity index (χ1n) is 10.5. The number of rotatable bonds is 5. The molecule has 1 saturated heterocycles. The van der Waals surface area contributed by atoms with Gasteiger partial charge >= 0.3 is 6.09 Å². The molecule has 0 spiro atoms. The molecule has 1 fully saturated rings. The summed E-state index contributed by atoms with van der Waals surface area (Å²) in [7, 11) is 0. The van der Waals surface area contributed by atoms with Crippen molar-refractivity contribution in [3.63, 3.8) is 0 Å². The molecule has 0 aliphatic carbocycles. The number of aromatic nitrogens is 1. The van der Waals surface area contributed by atoms with Gasteiger partial charge in [0.05, 0.1) is 10.7 Å². The molecule has 1 aliphatic rings. The van der Waals surface area contributed by atoms with Gasteiger partial charge in [-0.05, 0) is 57.6 Å². The normalized spacial score (nSPS) is 16.9. The monoisotopic (exact) mass is 412 g/mol. The highest BCUT2D eigenvalue weighted by Crippen LogP contribution is 2.31. The molecule has 0 saturated carbocycles. The molecular formula is C24H32N2O2S. The van der Waals surface area contributed by atoms with Crippen molar-refractivity contribution < 1.29 is 9.53 Å². The number of carbonyl (C=O) groups is 1. The van der Waals surface area contributed by atoms with Gasteiger partial charge in [-0.15, -0.1) is 11.3 Å². The van der Waals surface area contributed by atoms with Gasteiger partial charge in [-0.2, -0.15) is 0 Å². The first-order valence-corrected chi connectivity index (χ1v) is 11.3. The van der Waals surface area contributed by atoms with Crippen LogP contribution in [0.25, 0.3) is 6.08 Å². The van der Waals surface area contributed by atoms with Crippen molar-refractivity contribution in [1.29, 1.82) is 0 Å². The fourth-order valence-corrected chi connectivity index (χ4v) is 4.47. The summed E-state index contributed by atoms with van der Waals surface area (Å²) in [4.78, 5) is 18.9. The zero-order valence-corrected chi connectivity index (χ0v) is 18.7. The lowest BCUT2D eigenvalue weighted by atomic mass is 9.97. The van der Waals surface area contributed by atoms with E-state index in [1.54, 1.807) is 11.3 Å². The van der Waals surface area contributed by atoms with E-state index in [0.717, 1.165) is 38.0 Å². The van der Waals surface area contributed by atoms with Crippen molar-refractivity contribution in [3.05, 3.63) is 58.1 Å². The molecular weight excluding hydrogens is 380 g/mol. The molecule has 3 rings (SSSR count). The van der Waals surface area contributed by atoms with Gasteiger partial charge in [0.15, 0.2) is 0 Å². The van der Waals surface area contributed by atoms with E-state index < -0.39 is 5.60 Å². The average Bonchev–Trinajstić information content (AvgIpc) is 3.16. The summed E-state index contributed by atoms with van der Waals surface area (Å²) in [5.74, 6) is 0.937. The van der Waals surface area contributed by atoms with Crippen molar-refractivity contribution in [1.82, 2.24) is 9.88 Å². The van der Waals surface area contributed by atoms with E-state index in [-0.39, 0.29) is 6.09 Å². The smallest absolute Gasteiger partial charge is 0.410 e. The fraction of sp³-hybridized carbons (Fsp3) is 0.500. The molecule has 0 radical (unpaired) electrons. The lowest BCUT2D eigenvalue weighted by Gasteiger charge is -2.32. The third kappa shape index (κ3) is 6.43. The Morgan fingerprint density at radius 3 is 2.62 bits per heavy atom. The minimum Gasteiger partial charge on any atom is -0.444 e. The lowest BCUT2D eigenvalue weighted by molar-refractivity contribution is 0.0205. The average molecular weight is 413 g/mol. The van der Waals surface area contributed by atoms with E-state index in [4.69, 9.17) is 9.72 Å². The molecule has 1 aromatic carbocycles. The number of ether oxygens (including phenoxy) is 1. The Labute approximate surface area is 178 Å². The molecule has 0 bridgehead atoms. The number of allylic oxidation sites excluding steroid dienone is 1. The Kier molecular flexibility index (Phi) is 7.12. The summed E-state index contributed by atoms with van der Waals surface area (Å²) in [5, 5.41) is 3.32. The van der Waals surface area contributed by atoms with Gasteiger partial charge in [0.1, 0.15) is 5.60 Å². The summed E-state index contributed by atoms with van der Waals surface area (Å²) in [5.41, 5.74) is 1.97. The van der Waals surface area contributed by atoms with Crippen LogP contribution in [0.4, 0.5) is 4.79 Å². The molecule has 29 heavy (non-hydrogen) atoms. The highest BCUT2D eigenvalue weighted by Gasteiger charge is 2.28. The van der Waals surface area contributed by atoms with Crippen LogP contribution in [0.3, 0.4) is 0 Å². The molecule has 1 amide bonds. The van der Waals surface area contributed by atoms with Gasteiger partial charge < -0.3 is 9.64 Å². The van der Waals surface area contributed by atoms with Gasteiger partial charge in [0.2, 0.25) is 0 Å².